The fraction of sp³-hybridized carbons (Fsp3) is 0.833. The average Bonchev–Trinajstić information content (AvgIpc) is 2.81. The third-order valence-corrected chi connectivity index (χ3v) is 3.93. The maximum Gasteiger partial charge on any atom is 0.522 e. The number of nitrogens with one attached hydrogen (secondary N) is 1. The number of hydrogen-bond acceptors (Lipinski definition) is 3. The molecule has 1 saturated carbocycles. The van der Waals surface area contributed by atoms with Crippen LogP contribution < -0.4 is 5.32 Å². The number of amides is 2. The number of carbonyl (C=O) groups is 2. The van der Waals surface area contributed by atoms with Crippen LogP contribution in [0.2, 0.25) is 0 Å². The van der Waals surface area contributed by atoms with Gasteiger partial charge in [0, 0.05) is 6.54 Å². The third-order valence-electron chi connectivity index (χ3n) is 3.93. The van der Waals surface area contributed by atoms with E-state index in [-0.39, 0.29) is 18.4 Å². The Morgan fingerprint density at radius 2 is 1.95 bits per heavy atom. The van der Waals surface area contributed by atoms with Crippen LogP contribution in [0.3, 0.4) is 0 Å². The summed E-state index contributed by atoms with van der Waals surface area (Å²) in [5.41, 5.74) is -0.988. The summed E-state index contributed by atoms with van der Waals surface area (Å²) in [6, 6.07) is -0.709. The van der Waals surface area contributed by atoms with Crippen LogP contribution in [0.25, 0.3) is 0 Å². The second-order valence-corrected chi connectivity index (χ2v) is 5.22. The van der Waals surface area contributed by atoms with Crippen molar-refractivity contribution in [3.05, 3.63) is 0 Å². The molecule has 1 N–H and O–H groups in total. The van der Waals surface area contributed by atoms with E-state index in [1.54, 1.807) is 0 Å². The highest BCUT2D eigenvalue weighted by atomic mass is 19.4. The summed E-state index contributed by atoms with van der Waals surface area (Å²) < 4.78 is 39.8. The molecule has 0 radical (unpaired) electrons. The highest BCUT2D eigenvalue weighted by Crippen LogP contribution is 2.38. The zero-order valence-corrected chi connectivity index (χ0v) is 11.1. The number of hydrogen-bond donors (Lipinski definition) is 1. The van der Waals surface area contributed by atoms with Gasteiger partial charge in [0.25, 0.3) is 0 Å². The molecule has 1 spiro atoms. The topological polar surface area (TPSA) is 58.6 Å². The van der Waals surface area contributed by atoms with Crippen LogP contribution in [-0.4, -0.2) is 47.8 Å². The molecule has 114 valence electrons. The van der Waals surface area contributed by atoms with Crippen molar-refractivity contribution in [2.75, 3.05) is 13.2 Å². The van der Waals surface area contributed by atoms with E-state index in [2.05, 4.69) is 10.1 Å². The number of nitrogens with zero attached hydrogens (tertiary/aromatic N) is 1. The Morgan fingerprint density at radius 1 is 1.35 bits per heavy atom. The first-order valence-corrected chi connectivity index (χ1v) is 6.59. The van der Waals surface area contributed by atoms with Crippen LogP contribution in [0.4, 0.5) is 13.2 Å². The Bertz CT molecular complexity index is 405. The van der Waals surface area contributed by atoms with Crippen molar-refractivity contribution in [2.45, 2.75) is 50.6 Å². The zero-order chi connectivity index (χ0) is 15.0. The summed E-state index contributed by atoms with van der Waals surface area (Å²) >= 11 is 0. The van der Waals surface area contributed by atoms with Gasteiger partial charge < -0.3 is 10.2 Å². The van der Waals surface area contributed by atoms with Crippen LogP contribution in [0.5, 0.6) is 0 Å². The van der Waals surface area contributed by atoms with Gasteiger partial charge in [-0.05, 0) is 19.8 Å². The lowest BCUT2D eigenvalue weighted by molar-refractivity contribution is -0.325. The highest BCUT2D eigenvalue weighted by molar-refractivity contribution is 5.99. The van der Waals surface area contributed by atoms with Crippen LogP contribution in [0.1, 0.15) is 32.6 Å². The van der Waals surface area contributed by atoms with E-state index in [0.29, 0.717) is 12.8 Å². The standard InChI is InChI=1S/C12H17F3N2O3/c1-8-9(18)17(6-7-20-12(13,14)15)11(10(19)16-8)4-2-3-5-11/h8H,2-7H2,1H3,(H,16,19). The number of carbonyl (C=O) groups excluding carboxylic acids is 2. The molecule has 2 aliphatic rings. The Hall–Kier alpha value is -1.31. The lowest BCUT2D eigenvalue weighted by Gasteiger charge is -2.45. The van der Waals surface area contributed by atoms with Gasteiger partial charge in [-0.1, -0.05) is 12.8 Å². The van der Waals surface area contributed by atoms with Gasteiger partial charge in [-0.2, -0.15) is 0 Å². The first-order valence-electron chi connectivity index (χ1n) is 6.59. The number of halogens is 3. The summed E-state index contributed by atoms with van der Waals surface area (Å²) in [4.78, 5) is 25.6. The van der Waals surface area contributed by atoms with E-state index in [1.807, 2.05) is 0 Å². The molecule has 0 bridgehead atoms. The quantitative estimate of drug-likeness (QED) is 0.850. The lowest BCUT2D eigenvalue weighted by atomic mass is 9.89. The predicted molar refractivity (Wildman–Crippen MR) is 62.5 cm³/mol. The van der Waals surface area contributed by atoms with Gasteiger partial charge >= 0.3 is 6.36 Å². The van der Waals surface area contributed by atoms with Gasteiger partial charge in [-0.15, -0.1) is 13.2 Å². The minimum absolute atomic E-state index is 0.226. The number of piperazine rings is 1. The maximum atomic E-state index is 12.2. The molecule has 1 heterocycles. The van der Waals surface area contributed by atoms with Gasteiger partial charge in [0.1, 0.15) is 11.6 Å². The first kappa shape index (κ1) is 15.1. The van der Waals surface area contributed by atoms with E-state index >= 15 is 0 Å². The van der Waals surface area contributed by atoms with Gasteiger partial charge in [-0.3, -0.25) is 14.3 Å². The molecular formula is C12H17F3N2O3. The molecule has 0 aromatic carbocycles. The maximum absolute atomic E-state index is 12.2. The predicted octanol–water partition coefficient (Wildman–Crippen LogP) is 1.18. The number of alkyl halides is 3. The first-order chi connectivity index (χ1) is 9.26. The summed E-state index contributed by atoms with van der Waals surface area (Å²) in [7, 11) is 0. The fourth-order valence-corrected chi connectivity index (χ4v) is 2.99. The monoisotopic (exact) mass is 294 g/mol. The van der Waals surface area contributed by atoms with Crippen molar-refractivity contribution in [3.63, 3.8) is 0 Å². The Balaban J connectivity index is 2.11. The molecule has 1 aliphatic carbocycles. The molecule has 5 nitrogen and oxygen atoms in total. The normalized spacial score (nSPS) is 26.2. The molecule has 0 aromatic heterocycles. The van der Waals surface area contributed by atoms with E-state index in [1.165, 1.54) is 11.8 Å². The SMILES string of the molecule is CC1NC(=O)C2(CCCC2)N(CCOC(F)(F)F)C1=O. The second-order valence-electron chi connectivity index (χ2n) is 5.22. The van der Waals surface area contributed by atoms with Crippen molar-refractivity contribution >= 4 is 11.8 Å². The Morgan fingerprint density at radius 3 is 2.50 bits per heavy atom. The average molecular weight is 294 g/mol. The minimum atomic E-state index is -4.73. The van der Waals surface area contributed by atoms with Crippen LogP contribution >= 0.6 is 0 Å². The van der Waals surface area contributed by atoms with Crippen molar-refractivity contribution in [1.29, 1.82) is 0 Å². The molecule has 1 saturated heterocycles. The largest absolute Gasteiger partial charge is 0.522 e. The van der Waals surface area contributed by atoms with Crippen molar-refractivity contribution < 1.29 is 27.5 Å². The summed E-state index contributed by atoms with van der Waals surface area (Å²) in [5, 5.41) is 2.61. The zero-order valence-electron chi connectivity index (χ0n) is 11.1. The van der Waals surface area contributed by atoms with Gasteiger partial charge in [-0.25, -0.2) is 0 Å². The van der Waals surface area contributed by atoms with Gasteiger partial charge in [0.05, 0.1) is 6.61 Å². The molecule has 1 unspecified atom stereocenters. The van der Waals surface area contributed by atoms with Crippen LogP contribution in [-0.2, 0) is 14.3 Å². The molecule has 1 atom stereocenters. The van der Waals surface area contributed by atoms with Crippen molar-refractivity contribution in [3.8, 4) is 0 Å². The van der Waals surface area contributed by atoms with Crippen molar-refractivity contribution in [2.24, 2.45) is 0 Å². The summed E-state index contributed by atoms with van der Waals surface area (Å²) in [6.45, 7) is 0.646. The van der Waals surface area contributed by atoms with Crippen LogP contribution in [0, 0.1) is 0 Å². The highest BCUT2D eigenvalue weighted by Gasteiger charge is 2.52. The summed E-state index contributed by atoms with van der Waals surface area (Å²) in [6.07, 6.45) is -2.18. The lowest BCUT2D eigenvalue weighted by Crippen LogP contribution is -2.69. The van der Waals surface area contributed by atoms with E-state index < -0.39 is 24.6 Å². The third kappa shape index (κ3) is 2.74. The van der Waals surface area contributed by atoms with E-state index in [4.69, 9.17) is 0 Å². The van der Waals surface area contributed by atoms with E-state index in [9.17, 15) is 22.8 Å². The molecule has 2 rings (SSSR count). The Labute approximate surface area is 114 Å². The number of ether oxygens (including phenoxy) is 1. The van der Waals surface area contributed by atoms with E-state index in [0.717, 1.165) is 12.8 Å². The molecule has 8 heteroatoms. The fourth-order valence-electron chi connectivity index (χ4n) is 2.99. The Kier molecular flexibility index (Phi) is 3.95. The van der Waals surface area contributed by atoms with Crippen LogP contribution in [0.15, 0.2) is 0 Å². The van der Waals surface area contributed by atoms with Gasteiger partial charge in [0.15, 0.2) is 0 Å². The molecule has 1 aliphatic heterocycles. The number of rotatable bonds is 3. The summed E-state index contributed by atoms with van der Waals surface area (Å²) in [5.74, 6) is -0.619. The second kappa shape index (κ2) is 5.23. The molecule has 0 aromatic rings. The smallest absolute Gasteiger partial charge is 0.343 e. The molecule has 20 heavy (non-hydrogen) atoms. The molecule has 2 fully saturated rings. The molecular weight excluding hydrogens is 277 g/mol. The molecule has 2 amide bonds. The van der Waals surface area contributed by atoms with Crippen molar-refractivity contribution in [1.82, 2.24) is 10.2 Å². The van der Waals surface area contributed by atoms with Gasteiger partial charge in [0.2, 0.25) is 11.8 Å². The minimum Gasteiger partial charge on any atom is -0.343 e.